The van der Waals surface area contributed by atoms with Crippen molar-refractivity contribution < 1.29 is 14.5 Å². The number of para-hydroxylation sites is 1. The van der Waals surface area contributed by atoms with E-state index in [1.165, 1.54) is 19.2 Å². The second-order valence-corrected chi connectivity index (χ2v) is 9.83. The number of non-ortho nitro benzene ring substituents is 1. The van der Waals surface area contributed by atoms with Crippen molar-refractivity contribution in [2.24, 2.45) is 0 Å². The van der Waals surface area contributed by atoms with Crippen LogP contribution < -0.4 is 15.4 Å². The Bertz CT molecular complexity index is 1570. The highest BCUT2D eigenvalue weighted by Gasteiger charge is 2.42. The Balaban J connectivity index is 1.57. The number of hydrogen-bond acceptors (Lipinski definition) is 6. The first-order valence-corrected chi connectivity index (χ1v) is 13.0. The molecule has 1 aliphatic rings. The van der Waals surface area contributed by atoms with Gasteiger partial charge in [0.05, 0.1) is 41.6 Å². The molecule has 2 atom stereocenters. The number of nitrogens with one attached hydrogen (secondary N) is 2. The molecule has 1 amide bonds. The molecule has 2 aromatic heterocycles. The maximum Gasteiger partial charge on any atom is 0.273 e. The smallest absolute Gasteiger partial charge is 0.273 e. The van der Waals surface area contributed by atoms with Gasteiger partial charge in [-0.1, -0.05) is 24.3 Å². The van der Waals surface area contributed by atoms with E-state index in [1.807, 2.05) is 71.8 Å². The first-order chi connectivity index (χ1) is 19.3. The molecule has 3 heterocycles. The third kappa shape index (κ3) is 5.10. The lowest BCUT2D eigenvalue weighted by Crippen LogP contribution is -2.37. The van der Waals surface area contributed by atoms with Gasteiger partial charge in [0.2, 0.25) is 5.91 Å². The fourth-order valence-corrected chi connectivity index (χ4v) is 5.52. The molecule has 1 aliphatic heterocycles. The molecule has 40 heavy (non-hydrogen) atoms. The zero-order valence-corrected chi connectivity index (χ0v) is 23.0. The van der Waals surface area contributed by atoms with E-state index in [-0.39, 0.29) is 30.2 Å². The first kappa shape index (κ1) is 26.8. The zero-order chi connectivity index (χ0) is 28.4. The Labute approximate surface area is 236 Å². The second kappa shape index (κ2) is 11.1. The summed E-state index contributed by atoms with van der Waals surface area (Å²) < 4.78 is 7.54. The van der Waals surface area contributed by atoms with E-state index < -0.39 is 4.92 Å². The van der Waals surface area contributed by atoms with Crippen LogP contribution in [-0.2, 0) is 4.79 Å². The minimum Gasteiger partial charge on any atom is -0.494 e. The van der Waals surface area contributed by atoms with Gasteiger partial charge < -0.3 is 24.8 Å². The topological polar surface area (TPSA) is 115 Å². The number of nitrogens with zero attached hydrogens (tertiary/aromatic N) is 4. The number of carbonyl (C=O) groups is 1. The van der Waals surface area contributed by atoms with Crippen LogP contribution in [0.15, 0.2) is 79.0 Å². The summed E-state index contributed by atoms with van der Waals surface area (Å²) >= 11 is 5.75. The number of benzene rings is 2. The van der Waals surface area contributed by atoms with Crippen LogP contribution in [0.4, 0.5) is 11.4 Å². The number of aryl methyl sites for hydroxylation is 1. The van der Waals surface area contributed by atoms with Gasteiger partial charge in [0.15, 0.2) is 5.11 Å². The highest BCUT2D eigenvalue weighted by atomic mass is 32.1. The maximum atomic E-state index is 13.2. The lowest BCUT2D eigenvalue weighted by Gasteiger charge is -2.27. The molecule has 11 heteroatoms. The molecule has 2 N–H and O–H groups in total. The minimum atomic E-state index is -0.450. The van der Waals surface area contributed by atoms with Gasteiger partial charge in [-0.25, -0.2) is 0 Å². The largest absolute Gasteiger partial charge is 0.494 e. The molecule has 0 radical (unpaired) electrons. The number of nitro groups is 1. The van der Waals surface area contributed by atoms with Gasteiger partial charge >= 0.3 is 0 Å². The van der Waals surface area contributed by atoms with Gasteiger partial charge in [-0.3, -0.25) is 19.9 Å². The molecule has 1 fully saturated rings. The van der Waals surface area contributed by atoms with Crippen molar-refractivity contribution in [1.82, 2.24) is 19.8 Å². The van der Waals surface area contributed by atoms with Crippen LogP contribution in [0.1, 0.15) is 34.7 Å². The predicted molar refractivity (Wildman–Crippen MR) is 156 cm³/mol. The summed E-state index contributed by atoms with van der Waals surface area (Å²) in [5.41, 5.74) is 4.82. The molecule has 0 spiro atoms. The molecule has 0 saturated carbocycles. The fraction of sp³-hybridized carbons (Fsp3) is 0.207. The highest BCUT2D eigenvalue weighted by molar-refractivity contribution is 7.80. The number of ether oxygens (including phenoxy) is 1. The van der Waals surface area contributed by atoms with Gasteiger partial charge in [0.25, 0.3) is 5.69 Å². The van der Waals surface area contributed by atoms with Gasteiger partial charge in [0.1, 0.15) is 12.3 Å². The summed E-state index contributed by atoms with van der Waals surface area (Å²) in [4.78, 5) is 30.5. The van der Waals surface area contributed by atoms with Gasteiger partial charge in [-0.15, -0.1) is 0 Å². The standard InChI is InChI=1S/C29H28N6O4S/c1-18-15-22(19(2)34(18)24-13-12-21(35(37)38)16-25(24)39-3)28-27(23-11-7-8-14-30-23)32-29(40)33(28)17-26(36)31-20-9-5-4-6-10-20/h4-16,27-28H,17H2,1-3H3,(H,31,36)(H,32,40)/t27-,28+/m0/s1. The number of anilines is 1. The van der Waals surface area contributed by atoms with E-state index in [0.717, 1.165) is 22.6 Å². The predicted octanol–water partition coefficient (Wildman–Crippen LogP) is 5.02. The van der Waals surface area contributed by atoms with Gasteiger partial charge in [0, 0.05) is 29.3 Å². The molecule has 2 aromatic carbocycles. The molecule has 10 nitrogen and oxygen atoms in total. The van der Waals surface area contributed by atoms with E-state index in [0.29, 0.717) is 22.2 Å². The molecule has 0 unspecified atom stereocenters. The van der Waals surface area contributed by atoms with Crippen molar-refractivity contribution >= 4 is 34.6 Å². The monoisotopic (exact) mass is 556 g/mol. The van der Waals surface area contributed by atoms with Crippen molar-refractivity contribution in [3.8, 4) is 11.4 Å². The van der Waals surface area contributed by atoms with Crippen LogP contribution in [-0.4, -0.2) is 44.0 Å². The van der Waals surface area contributed by atoms with E-state index >= 15 is 0 Å². The van der Waals surface area contributed by atoms with Gasteiger partial charge in [-0.05, 0) is 68.0 Å². The Kier molecular flexibility index (Phi) is 7.47. The third-order valence-corrected chi connectivity index (χ3v) is 7.33. The summed E-state index contributed by atoms with van der Waals surface area (Å²) in [6, 6.07) is 20.9. The number of carbonyl (C=O) groups excluding carboxylic acids is 1. The summed E-state index contributed by atoms with van der Waals surface area (Å²) in [5, 5.41) is 18.1. The Hall–Kier alpha value is -4.77. The molecule has 204 valence electrons. The minimum absolute atomic E-state index is 0.0270. The number of methoxy groups -OCH3 is 1. The van der Waals surface area contributed by atoms with E-state index in [2.05, 4.69) is 21.7 Å². The molecule has 4 aromatic rings. The summed E-state index contributed by atoms with van der Waals surface area (Å²) in [7, 11) is 1.49. The van der Waals surface area contributed by atoms with Crippen LogP contribution >= 0.6 is 12.2 Å². The number of amides is 1. The Morgan fingerprint density at radius 3 is 2.55 bits per heavy atom. The van der Waals surface area contributed by atoms with Crippen LogP contribution in [0.2, 0.25) is 0 Å². The first-order valence-electron chi connectivity index (χ1n) is 12.6. The number of aromatic nitrogens is 2. The fourth-order valence-electron chi connectivity index (χ4n) is 5.21. The van der Waals surface area contributed by atoms with Crippen molar-refractivity contribution in [2.45, 2.75) is 25.9 Å². The second-order valence-electron chi connectivity index (χ2n) is 9.44. The Morgan fingerprint density at radius 1 is 1.12 bits per heavy atom. The quantitative estimate of drug-likeness (QED) is 0.177. The van der Waals surface area contributed by atoms with Crippen molar-refractivity contribution in [2.75, 3.05) is 19.0 Å². The maximum absolute atomic E-state index is 13.2. The van der Waals surface area contributed by atoms with Crippen LogP contribution in [0.25, 0.3) is 5.69 Å². The number of hydrogen-bond donors (Lipinski definition) is 2. The number of thiocarbonyl (C=S) groups is 1. The van der Waals surface area contributed by atoms with Crippen LogP contribution in [0.5, 0.6) is 5.75 Å². The van der Waals surface area contributed by atoms with Crippen molar-refractivity contribution in [1.29, 1.82) is 0 Å². The lowest BCUT2D eigenvalue weighted by atomic mass is 9.96. The molecule has 1 saturated heterocycles. The molecular weight excluding hydrogens is 528 g/mol. The average molecular weight is 557 g/mol. The summed E-state index contributed by atoms with van der Waals surface area (Å²) in [6.07, 6.45) is 1.73. The van der Waals surface area contributed by atoms with E-state index in [1.54, 1.807) is 12.3 Å². The summed E-state index contributed by atoms with van der Waals surface area (Å²) in [6.45, 7) is 3.96. The molecule has 5 rings (SSSR count). The van der Waals surface area contributed by atoms with Crippen molar-refractivity contribution in [3.05, 3.63) is 112 Å². The number of pyridine rings is 1. The van der Waals surface area contributed by atoms with E-state index in [9.17, 15) is 14.9 Å². The third-order valence-electron chi connectivity index (χ3n) is 6.97. The number of rotatable bonds is 8. The van der Waals surface area contributed by atoms with Gasteiger partial charge in [-0.2, -0.15) is 0 Å². The van der Waals surface area contributed by atoms with Crippen LogP contribution in [0.3, 0.4) is 0 Å². The van der Waals surface area contributed by atoms with E-state index in [4.69, 9.17) is 17.0 Å². The van der Waals surface area contributed by atoms with Crippen molar-refractivity contribution in [3.63, 3.8) is 0 Å². The lowest BCUT2D eigenvalue weighted by molar-refractivity contribution is -0.384. The normalized spacial score (nSPS) is 16.5. The average Bonchev–Trinajstić information content (AvgIpc) is 3.43. The molecule has 0 bridgehead atoms. The highest BCUT2D eigenvalue weighted by Crippen LogP contribution is 2.42. The Morgan fingerprint density at radius 2 is 1.88 bits per heavy atom. The summed E-state index contributed by atoms with van der Waals surface area (Å²) in [5.74, 6) is 0.177. The molecule has 0 aliphatic carbocycles. The number of nitro benzene ring substituents is 1. The molecular formula is C29H28N6O4S. The zero-order valence-electron chi connectivity index (χ0n) is 22.2. The SMILES string of the molecule is COc1cc([N+](=O)[O-])ccc1-n1c(C)cc([C@@H]2[C@H](c3ccccn3)NC(=S)N2CC(=O)Nc2ccccc2)c1C. The van der Waals surface area contributed by atoms with Crippen LogP contribution in [0, 0.1) is 24.0 Å².